The van der Waals surface area contributed by atoms with Crippen molar-refractivity contribution in [2.75, 3.05) is 45.0 Å². The molecule has 1 saturated heterocycles. The maximum absolute atomic E-state index is 13.6. The summed E-state index contributed by atoms with van der Waals surface area (Å²) in [7, 11) is 1.69. The lowest BCUT2D eigenvalue weighted by atomic mass is 10.0. The van der Waals surface area contributed by atoms with Gasteiger partial charge >= 0.3 is 0 Å². The number of hydrogen-bond acceptors (Lipinski definition) is 9. The fraction of sp³-hybridized carbons (Fsp3) is 0.429. The van der Waals surface area contributed by atoms with E-state index < -0.39 is 0 Å². The molecule has 0 radical (unpaired) electrons. The molecule has 11 nitrogen and oxygen atoms in total. The maximum atomic E-state index is 13.6. The molecular weight excluding hydrogens is 498 g/mol. The van der Waals surface area contributed by atoms with Gasteiger partial charge in [0.1, 0.15) is 11.8 Å². The predicted octanol–water partition coefficient (Wildman–Crippen LogP) is 3.28. The first kappa shape index (κ1) is 24.0. The highest BCUT2D eigenvalue weighted by Gasteiger charge is 2.35. The van der Waals surface area contributed by atoms with Crippen LogP contribution in [-0.2, 0) is 0 Å². The molecular formula is C28H31N7O4. The van der Waals surface area contributed by atoms with Gasteiger partial charge in [-0.05, 0) is 47.5 Å². The molecule has 39 heavy (non-hydrogen) atoms. The number of H-pyrrole nitrogens is 1. The predicted molar refractivity (Wildman–Crippen MR) is 145 cm³/mol. The normalized spacial score (nSPS) is 18.6. The molecule has 0 unspecified atom stereocenters. The summed E-state index contributed by atoms with van der Waals surface area (Å²) in [5.41, 5.74) is 2.32. The Bertz CT molecular complexity index is 1550. The minimum absolute atomic E-state index is 0.150. The van der Waals surface area contributed by atoms with Crippen molar-refractivity contribution < 1.29 is 14.2 Å². The quantitative estimate of drug-likeness (QED) is 0.402. The lowest BCUT2D eigenvalue weighted by molar-refractivity contribution is 0.174. The van der Waals surface area contributed by atoms with E-state index >= 15 is 0 Å². The summed E-state index contributed by atoms with van der Waals surface area (Å²) in [6.45, 7) is 3.28. The fourth-order valence-electron chi connectivity index (χ4n) is 6.15. The second-order valence-corrected chi connectivity index (χ2v) is 10.4. The Morgan fingerprint density at radius 3 is 2.62 bits per heavy atom. The second-order valence-electron chi connectivity index (χ2n) is 10.4. The van der Waals surface area contributed by atoms with Crippen molar-refractivity contribution in [3.05, 3.63) is 64.2 Å². The monoisotopic (exact) mass is 529 g/mol. The highest BCUT2D eigenvalue weighted by molar-refractivity contribution is 5.83. The van der Waals surface area contributed by atoms with Crippen molar-refractivity contribution in [1.82, 2.24) is 30.1 Å². The number of methoxy groups -OCH3 is 1. The number of nitrogens with one attached hydrogen (secondary N) is 1. The summed E-state index contributed by atoms with van der Waals surface area (Å²) in [6, 6.07) is 13.7. The third kappa shape index (κ3) is 4.36. The lowest BCUT2D eigenvalue weighted by Gasteiger charge is -2.39. The van der Waals surface area contributed by atoms with E-state index in [9.17, 15) is 4.79 Å². The SMILES string of the molecule is COc1cccc(N2CCN([C@H](c3cc4cc5c(cc4[nH]c3=O)OCO5)c3nnnn3C3CCCC3)CC2)c1. The number of ether oxygens (including phenoxy) is 3. The highest BCUT2D eigenvalue weighted by atomic mass is 16.7. The minimum atomic E-state index is -0.383. The fourth-order valence-corrected chi connectivity index (χ4v) is 6.15. The summed E-state index contributed by atoms with van der Waals surface area (Å²) in [6.07, 6.45) is 4.42. The number of aromatic nitrogens is 5. The average Bonchev–Trinajstić information content (AvgIpc) is 3.75. The summed E-state index contributed by atoms with van der Waals surface area (Å²) >= 11 is 0. The molecule has 1 atom stereocenters. The summed E-state index contributed by atoms with van der Waals surface area (Å²) in [5, 5.41) is 13.9. The van der Waals surface area contributed by atoms with E-state index in [0.29, 0.717) is 22.6 Å². The van der Waals surface area contributed by atoms with Crippen LogP contribution in [0.1, 0.15) is 49.2 Å². The van der Waals surface area contributed by atoms with Crippen LogP contribution in [0.2, 0.25) is 0 Å². The van der Waals surface area contributed by atoms with Crippen molar-refractivity contribution in [2.45, 2.75) is 37.8 Å². The molecule has 1 aliphatic carbocycles. The molecule has 11 heteroatoms. The van der Waals surface area contributed by atoms with E-state index in [0.717, 1.165) is 74.5 Å². The largest absolute Gasteiger partial charge is 0.497 e. The van der Waals surface area contributed by atoms with Gasteiger partial charge in [0, 0.05) is 54.9 Å². The van der Waals surface area contributed by atoms with Gasteiger partial charge in [-0.3, -0.25) is 9.69 Å². The molecule has 3 aliphatic rings. The first-order chi connectivity index (χ1) is 19.2. The van der Waals surface area contributed by atoms with E-state index in [1.807, 2.05) is 35.0 Å². The van der Waals surface area contributed by atoms with Crippen LogP contribution in [0, 0.1) is 0 Å². The zero-order valence-corrected chi connectivity index (χ0v) is 21.9. The Hall–Kier alpha value is -4.12. The van der Waals surface area contributed by atoms with Crippen molar-refractivity contribution in [3.63, 3.8) is 0 Å². The number of rotatable bonds is 6. The van der Waals surface area contributed by atoms with Gasteiger partial charge in [0.25, 0.3) is 5.56 Å². The number of hydrogen-bond donors (Lipinski definition) is 1. The second kappa shape index (κ2) is 9.88. The number of benzene rings is 2. The molecule has 2 aromatic carbocycles. The zero-order chi connectivity index (χ0) is 26.3. The molecule has 1 saturated carbocycles. The maximum Gasteiger partial charge on any atom is 0.253 e. The molecule has 1 N–H and O–H groups in total. The van der Waals surface area contributed by atoms with Gasteiger partial charge in [-0.2, -0.15) is 0 Å². The van der Waals surface area contributed by atoms with E-state index in [4.69, 9.17) is 14.2 Å². The number of pyridine rings is 1. The van der Waals surface area contributed by atoms with Gasteiger partial charge in [0.15, 0.2) is 17.3 Å². The van der Waals surface area contributed by atoms with Crippen LogP contribution >= 0.6 is 0 Å². The van der Waals surface area contributed by atoms with Crippen molar-refractivity contribution in [2.24, 2.45) is 0 Å². The number of fused-ring (bicyclic) bond motifs is 2. The number of anilines is 1. The Morgan fingerprint density at radius 2 is 1.82 bits per heavy atom. The van der Waals surface area contributed by atoms with E-state index in [1.165, 1.54) is 0 Å². The van der Waals surface area contributed by atoms with Crippen LogP contribution in [0.25, 0.3) is 10.9 Å². The average molecular weight is 530 g/mol. The summed E-state index contributed by atoms with van der Waals surface area (Å²) in [5.74, 6) is 2.88. The van der Waals surface area contributed by atoms with Crippen molar-refractivity contribution in [3.8, 4) is 17.2 Å². The summed E-state index contributed by atoms with van der Waals surface area (Å²) in [4.78, 5) is 21.4. The van der Waals surface area contributed by atoms with Gasteiger partial charge in [0.2, 0.25) is 6.79 Å². The van der Waals surface area contributed by atoms with Crippen LogP contribution in [0.4, 0.5) is 5.69 Å². The van der Waals surface area contributed by atoms with Crippen LogP contribution in [0.3, 0.4) is 0 Å². The van der Waals surface area contributed by atoms with Crippen LogP contribution in [-0.4, -0.2) is 70.2 Å². The zero-order valence-electron chi connectivity index (χ0n) is 21.9. The third-order valence-electron chi connectivity index (χ3n) is 8.19. The van der Waals surface area contributed by atoms with Crippen molar-refractivity contribution >= 4 is 16.6 Å². The van der Waals surface area contributed by atoms with E-state index in [1.54, 1.807) is 7.11 Å². The molecule has 2 aromatic heterocycles. The molecule has 2 aliphatic heterocycles. The molecule has 7 rings (SSSR count). The number of aromatic amines is 1. The van der Waals surface area contributed by atoms with Crippen LogP contribution in [0.15, 0.2) is 47.3 Å². The Morgan fingerprint density at radius 1 is 1.03 bits per heavy atom. The van der Waals surface area contributed by atoms with E-state index in [2.05, 4.69) is 42.4 Å². The van der Waals surface area contributed by atoms with Gasteiger partial charge < -0.3 is 24.1 Å². The molecule has 4 heterocycles. The molecule has 0 spiro atoms. The summed E-state index contributed by atoms with van der Waals surface area (Å²) < 4.78 is 18.5. The number of tetrazole rings is 1. The highest BCUT2D eigenvalue weighted by Crippen LogP contribution is 2.38. The Kier molecular flexibility index (Phi) is 6.07. The Balaban J connectivity index is 1.27. The van der Waals surface area contributed by atoms with Crippen molar-refractivity contribution in [1.29, 1.82) is 0 Å². The van der Waals surface area contributed by atoms with Crippen LogP contribution < -0.4 is 24.7 Å². The molecule has 0 amide bonds. The van der Waals surface area contributed by atoms with Gasteiger partial charge in [-0.25, -0.2) is 4.68 Å². The third-order valence-corrected chi connectivity index (χ3v) is 8.19. The smallest absolute Gasteiger partial charge is 0.253 e. The van der Waals surface area contributed by atoms with Gasteiger partial charge in [0.05, 0.1) is 18.7 Å². The molecule has 202 valence electrons. The van der Waals surface area contributed by atoms with E-state index in [-0.39, 0.29) is 24.4 Å². The number of nitrogens with zero attached hydrogens (tertiary/aromatic N) is 6. The number of piperazine rings is 1. The standard InChI is InChI=1S/C28H31N7O4/c1-37-21-8-4-7-20(15-21)33-9-11-34(12-10-33)26(27-30-31-32-35(27)19-5-2-3-6-19)22-13-18-14-24-25(39-17-38-24)16-23(18)29-28(22)36/h4,7-8,13-16,19,26H,2-3,5-6,9-12,17H2,1H3,(H,29,36)/t26-/m1/s1. The van der Waals surface area contributed by atoms with Gasteiger partial charge in [-0.15, -0.1) is 5.10 Å². The molecule has 2 fully saturated rings. The minimum Gasteiger partial charge on any atom is -0.497 e. The van der Waals surface area contributed by atoms with Gasteiger partial charge in [-0.1, -0.05) is 18.9 Å². The van der Waals surface area contributed by atoms with Crippen LogP contribution in [0.5, 0.6) is 17.2 Å². The molecule has 4 aromatic rings. The molecule has 0 bridgehead atoms. The lowest BCUT2D eigenvalue weighted by Crippen LogP contribution is -2.49. The topological polar surface area (TPSA) is 111 Å². The first-order valence-corrected chi connectivity index (χ1v) is 13.6. The first-order valence-electron chi connectivity index (χ1n) is 13.6. The Labute approximate surface area is 225 Å².